The number of benzene rings is 1. The first-order valence-electron chi connectivity index (χ1n) is 7.55. The number of rotatable bonds is 5. The third kappa shape index (κ3) is 2.41. The summed E-state index contributed by atoms with van der Waals surface area (Å²) in [6.07, 6.45) is 1.72. The molecule has 1 saturated carbocycles. The van der Waals surface area contributed by atoms with Crippen LogP contribution in [0.1, 0.15) is 0 Å². The van der Waals surface area contributed by atoms with Crippen LogP contribution in [0.5, 0.6) is 5.75 Å². The molecule has 0 bridgehead atoms. The summed E-state index contributed by atoms with van der Waals surface area (Å²) in [5.74, 6) is 1.48. The average molecular weight is 299 g/mol. The number of carbonyl (C=O) groups excluding carboxylic acids is 1. The molecule has 1 aliphatic carbocycles. The zero-order valence-electron chi connectivity index (χ0n) is 12.1. The van der Waals surface area contributed by atoms with Gasteiger partial charge in [-0.1, -0.05) is 12.1 Å². The molecule has 1 aromatic heterocycles. The van der Waals surface area contributed by atoms with Crippen molar-refractivity contribution in [2.24, 2.45) is 17.8 Å². The molecule has 114 valence electrons. The molecule has 1 unspecified atom stereocenters. The highest BCUT2D eigenvalue weighted by Gasteiger charge is 2.58. The Bertz CT molecular complexity index is 687. The lowest BCUT2D eigenvalue weighted by Gasteiger charge is -2.10. The van der Waals surface area contributed by atoms with Crippen LogP contribution in [0.25, 0.3) is 10.9 Å². The second kappa shape index (κ2) is 5.57. The molecule has 1 aliphatic heterocycles. The second-order valence-electron chi connectivity index (χ2n) is 5.73. The SMILES string of the molecule is O=C(OCCOc1ccnc2ccccc12)C1[C@H]2COC[C@@H]12. The molecule has 0 spiro atoms. The number of para-hydroxylation sites is 1. The van der Waals surface area contributed by atoms with Crippen molar-refractivity contribution < 1.29 is 19.0 Å². The highest BCUT2D eigenvalue weighted by atomic mass is 16.6. The molecule has 1 saturated heterocycles. The first kappa shape index (κ1) is 13.5. The van der Waals surface area contributed by atoms with Crippen LogP contribution >= 0.6 is 0 Å². The fraction of sp³-hybridized carbons (Fsp3) is 0.412. The molecule has 2 heterocycles. The standard InChI is InChI=1S/C17H17NO4/c19-17(16-12-9-20-10-13(12)16)22-8-7-21-15-5-6-18-14-4-2-1-3-11(14)15/h1-6,12-13,16H,7-10H2/t12-,13+,16?. The van der Waals surface area contributed by atoms with Gasteiger partial charge in [-0.15, -0.1) is 0 Å². The Hall–Kier alpha value is -2.14. The zero-order valence-corrected chi connectivity index (χ0v) is 12.1. The molecule has 1 aromatic carbocycles. The summed E-state index contributed by atoms with van der Waals surface area (Å²) in [5.41, 5.74) is 0.891. The fourth-order valence-electron chi connectivity index (χ4n) is 3.17. The molecule has 0 radical (unpaired) electrons. The summed E-state index contributed by atoms with van der Waals surface area (Å²) < 4.78 is 16.3. The van der Waals surface area contributed by atoms with Gasteiger partial charge < -0.3 is 14.2 Å². The van der Waals surface area contributed by atoms with E-state index in [1.165, 1.54) is 0 Å². The van der Waals surface area contributed by atoms with Gasteiger partial charge in [-0.3, -0.25) is 9.78 Å². The molecule has 22 heavy (non-hydrogen) atoms. The number of hydrogen-bond acceptors (Lipinski definition) is 5. The third-order valence-electron chi connectivity index (χ3n) is 4.42. The van der Waals surface area contributed by atoms with Gasteiger partial charge in [0.1, 0.15) is 19.0 Å². The van der Waals surface area contributed by atoms with E-state index in [0.717, 1.165) is 16.7 Å². The van der Waals surface area contributed by atoms with E-state index >= 15 is 0 Å². The largest absolute Gasteiger partial charge is 0.489 e. The maximum Gasteiger partial charge on any atom is 0.309 e. The molecule has 2 aliphatic rings. The molecule has 2 aromatic rings. The fourth-order valence-corrected chi connectivity index (χ4v) is 3.17. The number of fused-ring (bicyclic) bond motifs is 2. The molecule has 3 atom stereocenters. The van der Waals surface area contributed by atoms with Crippen molar-refractivity contribution in [2.75, 3.05) is 26.4 Å². The van der Waals surface area contributed by atoms with Crippen molar-refractivity contribution in [3.63, 3.8) is 0 Å². The minimum Gasteiger partial charge on any atom is -0.489 e. The van der Waals surface area contributed by atoms with Gasteiger partial charge in [0.25, 0.3) is 0 Å². The molecule has 5 nitrogen and oxygen atoms in total. The Morgan fingerprint density at radius 3 is 2.86 bits per heavy atom. The van der Waals surface area contributed by atoms with Gasteiger partial charge in [0.2, 0.25) is 0 Å². The molecule has 0 N–H and O–H groups in total. The van der Waals surface area contributed by atoms with Gasteiger partial charge in [0.15, 0.2) is 0 Å². The lowest BCUT2D eigenvalue weighted by molar-refractivity contribution is -0.147. The van der Waals surface area contributed by atoms with E-state index in [2.05, 4.69) is 4.98 Å². The summed E-state index contributed by atoms with van der Waals surface area (Å²) >= 11 is 0. The van der Waals surface area contributed by atoms with E-state index in [1.807, 2.05) is 30.3 Å². The van der Waals surface area contributed by atoms with Crippen molar-refractivity contribution >= 4 is 16.9 Å². The number of ether oxygens (including phenoxy) is 3. The van der Waals surface area contributed by atoms with Crippen molar-refractivity contribution in [2.45, 2.75) is 0 Å². The predicted molar refractivity (Wildman–Crippen MR) is 79.5 cm³/mol. The summed E-state index contributed by atoms with van der Waals surface area (Å²) in [6.45, 7) is 2.01. The Kier molecular flexibility index (Phi) is 3.42. The monoisotopic (exact) mass is 299 g/mol. The summed E-state index contributed by atoms with van der Waals surface area (Å²) in [7, 11) is 0. The Morgan fingerprint density at radius 1 is 1.18 bits per heavy atom. The molecular formula is C17H17NO4. The van der Waals surface area contributed by atoms with Crippen LogP contribution in [0.15, 0.2) is 36.5 Å². The van der Waals surface area contributed by atoms with Gasteiger partial charge >= 0.3 is 5.97 Å². The normalized spacial score (nSPS) is 25.7. The summed E-state index contributed by atoms with van der Waals surface area (Å²) in [6, 6.07) is 9.62. The smallest absolute Gasteiger partial charge is 0.309 e. The quantitative estimate of drug-likeness (QED) is 0.625. The number of esters is 1. The summed E-state index contributed by atoms with van der Waals surface area (Å²) in [4.78, 5) is 16.2. The van der Waals surface area contributed by atoms with Crippen LogP contribution in [0.4, 0.5) is 0 Å². The van der Waals surface area contributed by atoms with E-state index in [9.17, 15) is 4.79 Å². The van der Waals surface area contributed by atoms with E-state index in [-0.39, 0.29) is 18.5 Å². The van der Waals surface area contributed by atoms with Crippen molar-refractivity contribution in [3.05, 3.63) is 36.5 Å². The Balaban J connectivity index is 1.29. The minimum absolute atomic E-state index is 0.0514. The second-order valence-corrected chi connectivity index (χ2v) is 5.73. The molecule has 4 rings (SSSR count). The Morgan fingerprint density at radius 2 is 2.00 bits per heavy atom. The van der Waals surface area contributed by atoms with Crippen molar-refractivity contribution in [1.29, 1.82) is 0 Å². The minimum atomic E-state index is -0.110. The third-order valence-corrected chi connectivity index (χ3v) is 4.42. The van der Waals surface area contributed by atoms with E-state index in [0.29, 0.717) is 31.7 Å². The highest BCUT2D eigenvalue weighted by Crippen LogP contribution is 2.51. The van der Waals surface area contributed by atoms with Crippen LogP contribution in [-0.2, 0) is 14.3 Å². The van der Waals surface area contributed by atoms with Gasteiger partial charge in [-0.25, -0.2) is 0 Å². The highest BCUT2D eigenvalue weighted by molar-refractivity contribution is 5.84. The lowest BCUT2D eigenvalue weighted by atomic mass is 10.2. The lowest BCUT2D eigenvalue weighted by Crippen LogP contribution is -2.17. The molecule has 0 amide bonds. The van der Waals surface area contributed by atoms with Crippen LogP contribution < -0.4 is 4.74 Å². The summed E-state index contributed by atoms with van der Waals surface area (Å²) in [5, 5.41) is 0.963. The molecule has 2 fully saturated rings. The number of pyridine rings is 1. The predicted octanol–water partition coefficient (Wildman–Crippen LogP) is 2.05. The van der Waals surface area contributed by atoms with Crippen LogP contribution in [0, 0.1) is 17.8 Å². The molecular weight excluding hydrogens is 282 g/mol. The van der Waals surface area contributed by atoms with Crippen LogP contribution in [0.3, 0.4) is 0 Å². The number of carbonyl (C=O) groups is 1. The number of aromatic nitrogens is 1. The van der Waals surface area contributed by atoms with Gasteiger partial charge in [-0.05, 0) is 18.2 Å². The van der Waals surface area contributed by atoms with Crippen LogP contribution in [0.2, 0.25) is 0 Å². The molecule has 5 heteroatoms. The maximum absolute atomic E-state index is 11.9. The maximum atomic E-state index is 11.9. The Labute approximate surface area is 128 Å². The van der Waals surface area contributed by atoms with E-state index in [1.54, 1.807) is 6.20 Å². The van der Waals surface area contributed by atoms with Crippen molar-refractivity contribution in [3.8, 4) is 5.75 Å². The zero-order chi connectivity index (χ0) is 14.9. The van der Waals surface area contributed by atoms with Gasteiger partial charge in [-0.2, -0.15) is 0 Å². The first-order valence-corrected chi connectivity index (χ1v) is 7.55. The van der Waals surface area contributed by atoms with E-state index < -0.39 is 0 Å². The number of nitrogens with zero attached hydrogens (tertiary/aromatic N) is 1. The van der Waals surface area contributed by atoms with Gasteiger partial charge in [0.05, 0.1) is 24.6 Å². The van der Waals surface area contributed by atoms with E-state index in [4.69, 9.17) is 14.2 Å². The first-order chi connectivity index (χ1) is 10.8. The number of hydrogen-bond donors (Lipinski definition) is 0. The van der Waals surface area contributed by atoms with Crippen molar-refractivity contribution in [1.82, 2.24) is 4.98 Å². The van der Waals surface area contributed by atoms with Gasteiger partial charge in [0, 0.05) is 23.4 Å². The topological polar surface area (TPSA) is 57.7 Å². The van der Waals surface area contributed by atoms with Crippen LogP contribution in [-0.4, -0.2) is 37.4 Å². The average Bonchev–Trinajstić information content (AvgIpc) is 3.04.